The minimum absolute atomic E-state index is 0.138. The molecule has 0 aromatic carbocycles. The molecule has 84 valence electrons. The highest BCUT2D eigenvalue weighted by atomic mass is 16.5. The maximum absolute atomic E-state index is 5.40. The molecule has 0 amide bonds. The second kappa shape index (κ2) is 5.66. The molecule has 0 saturated carbocycles. The van der Waals surface area contributed by atoms with Crippen molar-refractivity contribution in [1.82, 2.24) is 15.5 Å². The van der Waals surface area contributed by atoms with E-state index < -0.39 is 0 Å². The summed E-state index contributed by atoms with van der Waals surface area (Å²) in [6.45, 7) is 8.88. The zero-order chi connectivity index (χ0) is 11.3. The minimum atomic E-state index is 0.138. The predicted octanol–water partition coefficient (Wildman–Crippen LogP) is 1.76. The van der Waals surface area contributed by atoms with Gasteiger partial charge >= 0.3 is 0 Å². The number of nitrogens with one attached hydrogen (secondary N) is 1. The average Bonchev–Trinajstić information content (AvgIpc) is 2.16. The SMILES string of the molecule is CC(C)NCc1ccc(OC(C)C)nn1. The van der Waals surface area contributed by atoms with Crippen LogP contribution in [0.15, 0.2) is 12.1 Å². The van der Waals surface area contributed by atoms with Crippen LogP contribution in [-0.2, 0) is 6.54 Å². The first-order valence-corrected chi connectivity index (χ1v) is 5.30. The van der Waals surface area contributed by atoms with Crippen molar-refractivity contribution in [2.75, 3.05) is 0 Å². The molecule has 4 heteroatoms. The highest BCUT2D eigenvalue weighted by Crippen LogP contribution is 2.06. The molecule has 0 aliphatic carbocycles. The monoisotopic (exact) mass is 209 g/mol. The lowest BCUT2D eigenvalue weighted by atomic mass is 10.3. The Morgan fingerprint density at radius 2 is 1.93 bits per heavy atom. The van der Waals surface area contributed by atoms with E-state index in [1.54, 1.807) is 0 Å². The van der Waals surface area contributed by atoms with Gasteiger partial charge in [-0.2, -0.15) is 5.10 Å². The molecule has 1 heterocycles. The molecular weight excluding hydrogens is 190 g/mol. The van der Waals surface area contributed by atoms with E-state index in [0.717, 1.165) is 12.2 Å². The summed E-state index contributed by atoms with van der Waals surface area (Å²) in [6.07, 6.45) is 0.138. The fourth-order valence-electron chi connectivity index (χ4n) is 1.05. The zero-order valence-corrected chi connectivity index (χ0v) is 9.82. The van der Waals surface area contributed by atoms with Crippen molar-refractivity contribution >= 4 is 0 Å². The summed E-state index contributed by atoms with van der Waals surface area (Å²) in [5, 5.41) is 11.3. The smallest absolute Gasteiger partial charge is 0.233 e. The van der Waals surface area contributed by atoms with Crippen LogP contribution < -0.4 is 10.1 Å². The van der Waals surface area contributed by atoms with Crippen LogP contribution in [0.2, 0.25) is 0 Å². The van der Waals surface area contributed by atoms with E-state index in [0.29, 0.717) is 11.9 Å². The molecule has 0 spiro atoms. The van der Waals surface area contributed by atoms with Crippen molar-refractivity contribution in [3.8, 4) is 5.88 Å². The molecule has 1 N–H and O–H groups in total. The Labute approximate surface area is 91.1 Å². The number of hydrogen-bond acceptors (Lipinski definition) is 4. The Bertz CT molecular complexity index is 282. The van der Waals surface area contributed by atoms with Gasteiger partial charge in [0.15, 0.2) is 0 Å². The van der Waals surface area contributed by atoms with Crippen molar-refractivity contribution < 1.29 is 4.74 Å². The Hall–Kier alpha value is -1.16. The van der Waals surface area contributed by atoms with Gasteiger partial charge in [0.05, 0.1) is 11.8 Å². The molecule has 0 radical (unpaired) electrons. The van der Waals surface area contributed by atoms with Crippen LogP contribution in [0.1, 0.15) is 33.4 Å². The molecule has 0 bridgehead atoms. The highest BCUT2D eigenvalue weighted by Gasteiger charge is 2.01. The van der Waals surface area contributed by atoms with Crippen molar-refractivity contribution in [1.29, 1.82) is 0 Å². The molecule has 1 aromatic rings. The van der Waals surface area contributed by atoms with Crippen LogP contribution in [0.5, 0.6) is 5.88 Å². The average molecular weight is 209 g/mol. The molecule has 15 heavy (non-hydrogen) atoms. The molecule has 0 fully saturated rings. The van der Waals surface area contributed by atoms with Gasteiger partial charge in [-0.3, -0.25) is 0 Å². The van der Waals surface area contributed by atoms with Crippen LogP contribution >= 0.6 is 0 Å². The number of hydrogen-bond donors (Lipinski definition) is 1. The van der Waals surface area contributed by atoms with Crippen LogP contribution in [0.25, 0.3) is 0 Å². The maximum atomic E-state index is 5.40. The first kappa shape index (κ1) is 11.9. The van der Waals surface area contributed by atoms with Gasteiger partial charge in [0.25, 0.3) is 0 Å². The molecule has 1 rings (SSSR count). The first-order chi connectivity index (χ1) is 7.08. The van der Waals surface area contributed by atoms with E-state index in [1.165, 1.54) is 0 Å². The maximum Gasteiger partial charge on any atom is 0.233 e. The Balaban J connectivity index is 2.49. The summed E-state index contributed by atoms with van der Waals surface area (Å²) in [5.74, 6) is 0.582. The molecule has 0 atom stereocenters. The third-order valence-corrected chi connectivity index (χ3v) is 1.74. The van der Waals surface area contributed by atoms with Gasteiger partial charge in [0.1, 0.15) is 0 Å². The summed E-state index contributed by atoms with van der Waals surface area (Å²) in [7, 11) is 0. The van der Waals surface area contributed by atoms with Gasteiger partial charge in [-0.15, -0.1) is 5.10 Å². The molecule has 0 aliphatic heterocycles. The molecule has 0 saturated heterocycles. The van der Waals surface area contributed by atoms with E-state index in [2.05, 4.69) is 29.4 Å². The topological polar surface area (TPSA) is 47.0 Å². The standard InChI is InChI=1S/C11H19N3O/c1-8(2)12-7-10-5-6-11(14-13-10)15-9(3)4/h5-6,8-9,12H,7H2,1-4H3. The largest absolute Gasteiger partial charge is 0.474 e. The Morgan fingerprint density at radius 3 is 2.40 bits per heavy atom. The van der Waals surface area contributed by atoms with Crippen LogP contribution in [0, 0.1) is 0 Å². The normalized spacial score (nSPS) is 11.1. The zero-order valence-electron chi connectivity index (χ0n) is 9.82. The summed E-state index contributed by atoms with van der Waals surface area (Å²) in [4.78, 5) is 0. The number of ether oxygens (including phenoxy) is 1. The van der Waals surface area contributed by atoms with Gasteiger partial charge in [0.2, 0.25) is 5.88 Å². The highest BCUT2D eigenvalue weighted by molar-refractivity contribution is 5.11. The summed E-state index contributed by atoms with van der Waals surface area (Å²) < 4.78 is 5.40. The van der Waals surface area contributed by atoms with Crippen LogP contribution in [0.3, 0.4) is 0 Å². The van der Waals surface area contributed by atoms with E-state index in [4.69, 9.17) is 4.74 Å². The fourth-order valence-corrected chi connectivity index (χ4v) is 1.05. The Kier molecular flexibility index (Phi) is 4.49. The molecular formula is C11H19N3O. The van der Waals surface area contributed by atoms with Crippen molar-refractivity contribution in [2.24, 2.45) is 0 Å². The molecule has 4 nitrogen and oxygen atoms in total. The molecule has 0 aliphatic rings. The summed E-state index contributed by atoms with van der Waals surface area (Å²) in [6, 6.07) is 4.24. The number of aromatic nitrogens is 2. The number of nitrogens with zero attached hydrogens (tertiary/aromatic N) is 2. The third kappa shape index (κ3) is 4.74. The van der Waals surface area contributed by atoms with E-state index in [-0.39, 0.29) is 6.10 Å². The second-order valence-corrected chi connectivity index (χ2v) is 4.07. The van der Waals surface area contributed by atoms with Crippen molar-refractivity contribution in [3.63, 3.8) is 0 Å². The van der Waals surface area contributed by atoms with E-state index >= 15 is 0 Å². The van der Waals surface area contributed by atoms with Gasteiger partial charge < -0.3 is 10.1 Å². The van der Waals surface area contributed by atoms with Crippen LogP contribution in [-0.4, -0.2) is 22.3 Å². The lowest BCUT2D eigenvalue weighted by molar-refractivity contribution is 0.229. The quantitative estimate of drug-likeness (QED) is 0.802. The van der Waals surface area contributed by atoms with E-state index in [1.807, 2.05) is 26.0 Å². The van der Waals surface area contributed by atoms with Gasteiger partial charge in [0, 0.05) is 18.7 Å². The van der Waals surface area contributed by atoms with Gasteiger partial charge in [-0.05, 0) is 19.9 Å². The Morgan fingerprint density at radius 1 is 1.20 bits per heavy atom. The molecule has 1 aromatic heterocycles. The third-order valence-electron chi connectivity index (χ3n) is 1.74. The summed E-state index contributed by atoms with van der Waals surface area (Å²) >= 11 is 0. The summed E-state index contributed by atoms with van der Waals surface area (Å²) in [5.41, 5.74) is 0.930. The van der Waals surface area contributed by atoms with Gasteiger partial charge in [-0.25, -0.2) is 0 Å². The first-order valence-electron chi connectivity index (χ1n) is 5.30. The minimum Gasteiger partial charge on any atom is -0.474 e. The van der Waals surface area contributed by atoms with E-state index in [9.17, 15) is 0 Å². The van der Waals surface area contributed by atoms with Crippen molar-refractivity contribution in [2.45, 2.75) is 46.4 Å². The lowest BCUT2D eigenvalue weighted by Gasteiger charge is -2.09. The second-order valence-electron chi connectivity index (χ2n) is 4.07. The van der Waals surface area contributed by atoms with Crippen LogP contribution in [0.4, 0.5) is 0 Å². The predicted molar refractivity (Wildman–Crippen MR) is 59.8 cm³/mol. The fraction of sp³-hybridized carbons (Fsp3) is 0.636. The van der Waals surface area contributed by atoms with Crippen molar-refractivity contribution in [3.05, 3.63) is 17.8 Å². The number of rotatable bonds is 5. The van der Waals surface area contributed by atoms with Gasteiger partial charge in [-0.1, -0.05) is 13.8 Å². The lowest BCUT2D eigenvalue weighted by Crippen LogP contribution is -2.22. The molecule has 0 unspecified atom stereocenters.